The van der Waals surface area contributed by atoms with Gasteiger partial charge in [-0.25, -0.2) is 0 Å². The molecule has 0 radical (unpaired) electrons. The van der Waals surface area contributed by atoms with Crippen LogP contribution in [0.5, 0.6) is 0 Å². The molecule has 1 atom stereocenters. The molecule has 0 bridgehead atoms. The maximum Gasteiger partial charge on any atom is 0.0236 e. The SMILES string of the molecule is CC(N)CCN1CCc2ccccc2C1. The molecule has 0 fully saturated rings. The number of benzene rings is 1. The first-order chi connectivity index (χ1) is 7.25. The maximum atomic E-state index is 5.78. The molecule has 1 aliphatic heterocycles. The molecule has 0 saturated carbocycles. The number of fused-ring (bicyclic) bond motifs is 1. The molecule has 2 heteroatoms. The van der Waals surface area contributed by atoms with E-state index in [2.05, 4.69) is 36.1 Å². The molecule has 0 saturated heterocycles. The van der Waals surface area contributed by atoms with Gasteiger partial charge in [-0.2, -0.15) is 0 Å². The normalized spacial score (nSPS) is 18.5. The lowest BCUT2D eigenvalue weighted by Crippen LogP contribution is -2.33. The van der Waals surface area contributed by atoms with Crippen LogP contribution in [-0.4, -0.2) is 24.0 Å². The van der Waals surface area contributed by atoms with Gasteiger partial charge in [0, 0.05) is 19.1 Å². The van der Waals surface area contributed by atoms with Gasteiger partial charge >= 0.3 is 0 Å². The molecule has 0 amide bonds. The van der Waals surface area contributed by atoms with E-state index in [-0.39, 0.29) is 0 Å². The van der Waals surface area contributed by atoms with Gasteiger partial charge in [0.15, 0.2) is 0 Å². The van der Waals surface area contributed by atoms with Crippen molar-refractivity contribution in [3.8, 4) is 0 Å². The predicted octanol–water partition coefficient (Wildman–Crippen LogP) is 1.78. The van der Waals surface area contributed by atoms with Gasteiger partial charge < -0.3 is 5.73 Å². The van der Waals surface area contributed by atoms with E-state index in [0.717, 1.165) is 19.5 Å². The highest BCUT2D eigenvalue weighted by molar-refractivity contribution is 5.28. The Labute approximate surface area is 92.1 Å². The Morgan fingerprint density at radius 2 is 2.07 bits per heavy atom. The third kappa shape index (κ3) is 2.80. The van der Waals surface area contributed by atoms with Gasteiger partial charge in [0.2, 0.25) is 0 Å². The molecule has 1 aromatic carbocycles. The summed E-state index contributed by atoms with van der Waals surface area (Å²) in [5.74, 6) is 0. The molecule has 82 valence electrons. The van der Waals surface area contributed by atoms with Crippen molar-refractivity contribution in [3.05, 3.63) is 35.4 Å². The first kappa shape index (κ1) is 10.7. The minimum Gasteiger partial charge on any atom is -0.328 e. The molecule has 1 heterocycles. The van der Waals surface area contributed by atoms with E-state index in [1.165, 1.54) is 24.1 Å². The summed E-state index contributed by atoms with van der Waals surface area (Å²) in [6, 6.07) is 9.08. The molecule has 2 rings (SSSR count). The van der Waals surface area contributed by atoms with Crippen LogP contribution in [0.1, 0.15) is 24.5 Å². The topological polar surface area (TPSA) is 29.3 Å². The Hall–Kier alpha value is -0.860. The van der Waals surface area contributed by atoms with E-state index >= 15 is 0 Å². The summed E-state index contributed by atoms with van der Waals surface area (Å²) in [5, 5.41) is 0. The first-order valence-corrected chi connectivity index (χ1v) is 5.80. The zero-order valence-electron chi connectivity index (χ0n) is 9.45. The maximum absolute atomic E-state index is 5.78. The van der Waals surface area contributed by atoms with Crippen LogP contribution in [0.15, 0.2) is 24.3 Å². The second-order valence-corrected chi connectivity index (χ2v) is 4.56. The number of nitrogens with two attached hydrogens (primary N) is 1. The van der Waals surface area contributed by atoms with Crippen LogP contribution in [0.25, 0.3) is 0 Å². The lowest BCUT2D eigenvalue weighted by atomic mass is 10.00. The Morgan fingerprint density at radius 3 is 2.80 bits per heavy atom. The third-order valence-corrected chi connectivity index (χ3v) is 3.11. The number of nitrogens with zero attached hydrogens (tertiary/aromatic N) is 1. The summed E-state index contributed by atoms with van der Waals surface area (Å²) in [5.41, 5.74) is 8.79. The van der Waals surface area contributed by atoms with Crippen molar-refractivity contribution in [3.63, 3.8) is 0 Å². The van der Waals surface area contributed by atoms with Crippen LogP contribution >= 0.6 is 0 Å². The van der Waals surface area contributed by atoms with Crippen LogP contribution in [0.4, 0.5) is 0 Å². The minimum absolute atomic E-state index is 0.321. The molecule has 0 aliphatic carbocycles. The highest BCUT2D eigenvalue weighted by Crippen LogP contribution is 2.18. The van der Waals surface area contributed by atoms with E-state index in [0.29, 0.717) is 6.04 Å². The number of hydrogen-bond donors (Lipinski definition) is 1. The summed E-state index contributed by atoms with van der Waals surface area (Å²) < 4.78 is 0. The molecule has 0 aromatic heterocycles. The first-order valence-electron chi connectivity index (χ1n) is 5.80. The Morgan fingerprint density at radius 1 is 1.33 bits per heavy atom. The Balaban J connectivity index is 1.94. The minimum atomic E-state index is 0.321. The average molecular weight is 204 g/mol. The lowest BCUT2D eigenvalue weighted by Gasteiger charge is -2.29. The van der Waals surface area contributed by atoms with Gasteiger partial charge in [0.25, 0.3) is 0 Å². The van der Waals surface area contributed by atoms with Gasteiger partial charge in [-0.05, 0) is 37.4 Å². The van der Waals surface area contributed by atoms with Crippen LogP contribution < -0.4 is 5.73 Å². The van der Waals surface area contributed by atoms with Crippen molar-refractivity contribution in [2.24, 2.45) is 5.73 Å². The fourth-order valence-electron chi connectivity index (χ4n) is 2.13. The van der Waals surface area contributed by atoms with Crippen molar-refractivity contribution in [1.82, 2.24) is 4.90 Å². The molecule has 0 spiro atoms. The highest BCUT2D eigenvalue weighted by Gasteiger charge is 2.15. The third-order valence-electron chi connectivity index (χ3n) is 3.11. The molecule has 1 aromatic rings. The lowest BCUT2D eigenvalue weighted by molar-refractivity contribution is 0.246. The zero-order chi connectivity index (χ0) is 10.7. The monoisotopic (exact) mass is 204 g/mol. The molecule has 2 N–H and O–H groups in total. The molecule has 15 heavy (non-hydrogen) atoms. The largest absolute Gasteiger partial charge is 0.328 e. The zero-order valence-corrected chi connectivity index (χ0v) is 9.45. The highest BCUT2D eigenvalue weighted by atomic mass is 15.1. The second kappa shape index (κ2) is 4.77. The number of rotatable bonds is 3. The molecule has 1 aliphatic rings. The van der Waals surface area contributed by atoms with Crippen molar-refractivity contribution >= 4 is 0 Å². The summed E-state index contributed by atoms with van der Waals surface area (Å²) in [6.45, 7) is 5.50. The Bertz CT molecular complexity index is 320. The van der Waals surface area contributed by atoms with Crippen LogP contribution in [0.3, 0.4) is 0 Å². The molecule has 2 nitrogen and oxygen atoms in total. The van der Waals surface area contributed by atoms with E-state index in [9.17, 15) is 0 Å². The number of hydrogen-bond acceptors (Lipinski definition) is 2. The summed E-state index contributed by atoms with van der Waals surface area (Å²) in [4.78, 5) is 2.51. The molecule has 1 unspecified atom stereocenters. The van der Waals surface area contributed by atoms with Crippen LogP contribution in [0.2, 0.25) is 0 Å². The van der Waals surface area contributed by atoms with E-state index in [1.54, 1.807) is 0 Å². The molecular weight excluding hydrogens is 184 g/mol. The average Bonchev–Trinajstić information content (AvgIpc) is 2.26. The van der Waals surface area contributed by atoms with Gasteiger partial charge in [-0.3, -0.25) is 4.90 Å². The van der Waals surface area contributed by atoms with Gasteiger partial charge in [-0.1, -0.05) is 24.3 Å². The van der Waals surface area contributed by atoms with Crippen molar-refractivity contribution < 1.29 is 0 Å². The summed E-state index contributed by atoms with van der Waals surface area (Å²) in [6.07, 6.45) is 2.29. The van der Waals surface area contributed by atoms with Crippen LogP contribution in [-0.2, 0) is 13.0 Å². The van der Waals surface area contributed by atoms with Gasteiger partial charge in [0.1, 0.15) is 0 Å². The predicted molar refractivity (Wildman–Crippen MR) is 63.7 cm³/mol. The fourth-order valence-corrected chi connectivity index (χ4v) is 2.13. The standard InChI is InChI=1S/C13H20N2/c1-11(14)6-8-15-9-7-12-4-2-3-5-13(12)10-15/h2-5,11H,6-10,14H2,1H3. The van der Waals surface area contributed by atoms with Crippen LogP contribution in [0, 0.1) is 0 Å². The quantitative estimate of drug-likeness (QED) is 0.813. The van der Waals surface area contributed by atoms with Crippen molar-refractivity contribution in [1.29, 1.82) is 0 Å². The van der Waals surface area contributed by atoms with E-state index in [4.69, 9.17) is 5.73 Å². The van der Waals surface area contributed by atoms with Gasteiger partial charge in [0.05, 0.1) is 0 Å². The van der Waals surface area contributed by atoms with Crippen molar-refractivity contribution in [2.45, 2.75) is 32.4 Å². The summed E-state index contributed by atoms with van der Waals surface area (Å²) in [7, 11) is 0. The van der Waals surface area contributed by atoms with Gasteiger partial charge in [-0.15, -0.1) is 0 Å². The second-order valence-electron chi connectivity index (χ2n) is 4.56. The Kier molecular flexibility index (Phi) is 3.39. The fraction of sp³-hybridized carbons (Fsp3) is 0.538. The van der Waals surface area contributed by atoms with E-state index in [1.807, 2.05) is 0 Å². The van der Waals surface area contributed by atoms with Crippen molar-refractivity contribution in [2.75, 3.05) is 13.1 Å². The molecular formula is C13H20N2. The van der Waals surface area contributed by atoms with E-state index < -0.39 is 0 Å². The smallest absolute Gasteiger partial charge is 0.0236 e. The summed E-state index contributed by atoms with van der Waals surface area (Å²) >= 11 is 0.